The minimum atomic E-state index is -0.271. The van der Waals surface area contributed by atoms with Crippen LogP contribution in [-0.2, 0) is 4.79 Å². The molecule has 0 aliphatic carbocycles. The number of hydrogen-bond acceptors (Lipinski definition) is 3. The van der Waals surface area contributed by atoms with Crippen LogP contribution in [0, 0.1) is 5.21 Å². The lowest BCUT2D eigenvalue weighted by atomic mass is 10.2. The molecule has 0 bridgehead atoms. The SMILES string of the molecule is CC(Sc1cccc[n+]1[O-])C(=O)N(C(C)C)C(C)C. The number of hydrogen-bond donors (Lipinski definition) is 0. The highest BCUT2D eigenvalue weighted by Gasteiger charge is 2.27. The van der Waals surface area contributed by atoms with Gasteiger partial charge in [0.15, 0.2) is 6.20 Å². The molecule has 1 aromatic heterocycles. The van der Waals surface area contributed by atoms with Gasteiger partial charge < -0.3 is 10.1 Å². The van der Waals surface area contributed by atoms with Crippen molar-refractivity contribution in [3.8, 4) is 0 Å². The highest BCUT2D eigenvalue weighted by Crippen LogP contribution is 2.22. The first-order chi connectivity index (χ1) is 8.84. The van der Waals surface area contributed by atoms with Gasteiger partial charge in [-0.3, -0.25) is 4.79 Å². The minimum Gasteiger partial charge on any atom is -0.618 e. The van der Waals surface area contributed by atoms with Gasteiger partial charge >= 0.3 is 0 Å². The summed E-state index contributed by atoms with van der Waals surface area (Å²) in [6.45, 7) is 9.87. The second-order valence-electron chi connectivity index (χ2n) is 5.06. The van der Waals surface area contributed by atoms with Crippen molar-refractivity contribution < 1.29 is 9.52 Å². The summed E-state index contributed by atoms with van der Waals surface area (Å²) in [4.78, 5) is 14.3. The van der Waals surface area contributed by atoms with E-state index in [-0.39, 0.29) is 23.2 Å². The van der Waals surface area contributed by atoms with E-state index in [4.69, 9.17) is 0 Å². The smallest absolute Gasteiger partial charge is 0.252 e. The fourth-order valence-electron chi connectivity index (χ4n) is 2.05. The Morgan fingerprint density at radius 2 is 1.79 bits per heavy atom. The number of carbonyl (C=O) groups is 1. The highest BCUT2D eigenvalue weighted by atomic mass is 32.2. The molecule has 0 aliphatic rings. The van der Waals surface area contributed by atoms with Crippen molar-refractivity contribution in [2.24, 2.45) is 0 Å². The van der Waals surface area contributed by atoms with Crippen LogP contribution in [0.5, 0.6) is 0 Å². The number of carbonyl (C=O) groups excluding carboxylic acids is 1. The topological polar surface area (TPSA) is 47.2 Å². The molecule has 0 spiro atoms. The van der Waals surface area contributed by atoms with Crippen molar-refractivity contribution in [2.45, 2.75) is 57.0 Å². The van der Waals surface area contributed by atoms with Crippen molar-refractivity contribution in [3.05, 3.63) is 29.6 Å². The van der Waals surface area contributed by atoms with Crippen LogP contribution >= 0.6 is 11.8 Å². The van der Waals surface area contributed by atoms with Crippen LogP contribution in [0.2, 0.25) is 0 Å². The minimum absolute atomic E-state index is 0.0684. The van der Waals surface area contributed by atoms with Crippen LogP contribution < -0.4 is 4.73 Å². The lowest BCUT2D eigenvalue weighted by Crippen LogP contribution is -2.46. The van der Waals surface area contributed by atoms with Crippen LogP contribution in [0.1, 0.15) is 34.6 Å². The zero-order chi connectivity index (χ0) is 14.6. The summed E-state index contributed by atoms with van der Waals surface area (Å²) in [5, 5.41) is 11.9. The Morgan fingerprint density at radius 1 is 1.21 bits per heavy atom. The molecule has 0 aromatic carbocycles. The van der Waals surface area contributed by atoms with Crippen molar-refractivity contribution in [2.75, 3.05) is 0 Å². The molecule has 1 atom stereocenters. The molecule has 4 nitrogen and oxygen atoms in total. The second-order valence-corrected chi connectivity index (χ2v) is 6.42. The quantitative estimate of drug-likeness (QED) is 0.473. The molecule has 5 heteroatoms. The maximum absolute atomic E-state index is 12.4. The summed E-state index contributed by atoms with van der Waals surface area (Å²) in [5.74, 6) is 0.0684. The maximum atomic E-state index is 12.4. The summed E-state index contributed by atoms with van der Waals surface area (Å²) in [6, 6.07) is 5.53. The average Bonchev–Trinajstić information content (AvgIpc) is 2.31. The Labute approximate surface area is 119 Å². The predicted octanol–water partition coefficient (Wildman–Crippen LogP) is 2.45. The Balaban J connectivity index is 2.80. The Hall–Kier alpha value is -1.23. The van der Waals surface area contributed by atoms with Crippen LogP contribution in [0.15, 0.2) is 29.4 Å². The van der Waals surface area contributed by atoms with Gasteiger partial charge in [-0.1, -0.05) is 0 Å². The van der Waals surface area contributed by atoms with E-state index in [0.29, 0.717) is 5.03 Å². The van der Waals surface area contributed by atoms with E-state index < -0.39 is 0 Å². The molecule has 1 unspecified atom stereocenters. The van der Waals surface area contributed by atoms with Crippen LogP contribution in [0.3, 0.4) is 0 Å². The maximum Gasteiger partial charge on any atom is 0.252 e. The van der Waals surface area contributed by atoms with E-state index in [1.54, 1.807) is 18.2 Å². The number of aromatic nitrogens is 1. The van der Waals surface area contributed by atoms with Gasteiger partial charge in [-0.15, -0.1) is 0 Å². The molecule has 1 heterocycles. The van der Waals surface area contributed by atoms with E-state index in [1.807, 2.05) is 39.5 Å². The Morgan fingerprint density at radius 3 is 2.26 bits per heavy atom. The summed E-state index contributed by atoms with van der Waals surface area (Å²) in [6.07, 6.45) is 1.45. The molecule has 19 heavy (non-hydrogen) atoms. The van der Waals surface area contributed by atoms with Gasteiger partial charge in [-0.2, -0.15) is 4.73 Å². The van der Waals surface area contributed by atoms with E-state index in [0.717, 1.165) is 4.73 Å². The number of thioether (sulfide) groups is 1. The zero-order valence-corrected chi connectivity index (χ0v) is 13.0. The summed E-state index contributed by atoms with van der Waals surface area (Å²) in [7, 11) is 0. The first-order valence-corrected chi connectivity index (χ1v) is 7.39. The summed E-state index contributed by atoms with van der Waals surface area (Å²) in [5.41, 5.74) is 0. The number of nitrogens with zero attached hydrogens (tertiary/aromatic N) is 2. The molecule has 0 saturated heterocycles. The Kier molecular flexibility index (Phi) is 5.66. The van der Waals surface area contributed by atoms with Gasteiger partial charge in [0.1, 0.15) is 0 Å². The second kappa shape index (κ2) is 6.80. The van der Waals surface area contributed by atoms with Crippen LogP contribution in [0.25, 0.3) is 0 Å². The van der Waals surface area contributed by atoms with Gasteiger partial charge in [0.25, 0.3) is 5.03 Å². The molecule has 1 amide bonds. The van der Waals surface area contributed by atoms with E-state index in [9.17, 15) is 10.0 Å². The molecule has 0 N–H and O–H groups in total. The lowest BCUT2D eigenvalue weighted by Gasteiger charge is -2.32. The molecule has 1 rings (SSSR count). The molecular weight excluding hydrogens is 260 g/mol. The molecule has 0 saturated carbocycles. The van der Waals surface area contributed by atoms with Gasteiger partial charge in [-0.25, -0.2) is 0 Å². The van der Waals surface area contributed by atoms with Gasteiger partial charge in [-0.05, 0) is 52.4 Å². The predicted molar refractivity (Wildman–Crippen MR) is 77.8 cm³/mol. The largest absolute Gasteiger partial charge is 0.618 e. The fourth-order valence-corrected chi connectivity index (χ4v) is 2.96. The van der Waals surface area contributed by atoms with Gasteiger partial charge in [0.05, 0.1) is 5.25 Å². The highest BCUT2D eigenvalue weighted by molar-refractivity contribution is 8.00. The van der Waals surface area contributed by atoms with Crippen molar-refractivity contribution in [1.29, 1.82) is 0 Å². The van der Waals surface area contributed by atoms with Crippen molar-refractivity contribution >= 4 is 17.7 Å². The lowest BCUT2D eigenvalue weighted by molar-refractivity contribution is -0.645. The summed E-state index contributed by atoms with van der Waals surface area (Å²) >= 11 is 1.30. The van der Waals surface area contributed by atoms with Crippen LogP contribution in [-0.4, -0.2) is 28.1 Å². The number of rotatable bonds is 5. The van der Waals surface area contributed by atoms with E-state index in [2.05, 4.69) is 0 Å². The molecule has 0 aliphatic heterocycles. The third-order valence-corrected chi connectivity index (χ3v) is 3.91. The Bertz CT molecular complexity index is 427. The first kappa shape index (κ1) is 15.8. The van der Waals surface area contributed by atoms with Crippen LogP contribution in [0.4, 0.5) is 0 Å². The number of pyridine rings is 1. The third kappa shape index (κ3) is 4.13. The average molecular weight is 282 g/mol. The van der Waals surface area contributed by atoms with Gasteiger partial charge in [0.2, 0.25) is 5.91 Å². The summed E-state index contributed by atoms with van der Waals surface area (Å²) < 4.78 is 0.795. The molecule has 1 aromatic rings. The normalized spacial score (nSPS) is 12.8. The molecule has 0 radical (unpaired) electrons. The van der Waals surface area contributed by atoms with Crippen molar-refractivity contribution in [1.82, 2.24) is 4.90 Å². The molecule has 106 valence electrons. The fraction of sp³-hybridized carbons (Fsp3) is 0.571. The molecular formula is C14H22N2O2S. The van der Waals surface area contributed by atoms with E-state index in [1.165, 1.54) is 18.0 Å². The monoisotopic (exact) mass is 282 g/mol. The first-order valence-electron chi connectivity index (χ1n) is 6.51. The number of amides is 1. The van der Waals surface area contributed by atoms with Gasteiger partial charge in [0, 0.05) is 24.2 Å². The third-order valence-electron chi connectivity index (χ3n) is 2.80. The molecule has 0 fully saturated rings. The van der Waals surface area contributed by atoms with E-state index >= 15 is 0 Å². The van der Waals surface area contributed by atoms with Crippen molar-refractivity contribution in [3.63, 3.8) is 0 Å². The zero-order valence-electron chi connectivity index (χ0n) is 12.2. The standard InChI is InChI=1S/C14H22N2O2S/c1-10(2)16(11(3)4)14(17)12(5)19-13-8-6-7-9-15(13)18/h6-12H,1-5H3.